The molecule has 0 aromatic carbocycles. The zero-order valence-corrected chi connectivity index (χ0v) is 9.91. The highest BCUT2D eigenvalue weighted by Gasteiger charge is 2.15. The molecule has 1 aromatic heterocycles. The van der Waals surface area contributed by atoms with Gasteiger partial charge in [-0.1, -0.05) is 6.92 Å². The molecule has 0 spiro atoms. The number of halogens is 1. The fraction of sp³-hybridized carbons (Fsp3) is 0.444. The molecule has 4 heteroatoms. The first-order valence-corrected chi connectivity index (χ1v) is 5.65. The predicted molar refractivity (Wildman–Crippen MR) is 57.3 cm³/mol. The van der Waals surface area contributed by atoms with Crippen LogP contribution in [-0.2, 0) is 11.2 Å². The van der Waals surface area contributed by atoms with Crippen LogP contribution >= 0.6 is 27.3 Å². The SMILES string of the molecule is Cc1csc(CC(C)C(=O)O)c1Br. The first-order chi connectivity index (χ1) is 6.02. The molecule has 0 aliphatic heterocycles. The number of aliphatic carboxylic acids is 1. The van der Waals surface area contributed by atoms with Crippen molar-refractivity contribution in [2.75, 3.05) is 0 Å². The van der Waals surface area contributed by atoms with E-state index in [1.807, 2.05) is 12.3 Å². The number of rotatable bonds is 3. The van der Waals surface area contributed by atoms with Gasteiger partial charge in [0.1, 0.15) is 0 Å². The van der Waals surface area contributed by atoms with Gasteiger partial charge in [-0.2, -0.15) is 0 Å². The van der Waals surface area contributed by atoms with Gasteiger partial charge in [-0.15, -0.1) is 11.3 Å². The molecule has 0 bridgehead atoms. The van der Waals surface area contributed by atoms with Crippen LogP contribution in [0.25, 0.3) is 0 Å². The lowest BCUT2D eigenvalue weighted by molar-refractivity contribution is -0.141. The molecule has 0 fully saturated rings. The quantitative estimate of drug-likeness (QED) is 0.909. The van der Waals surface area contributed by atoms with Crippen LogP contribution in [0, 0.1) is 12.8 Å². The normalized spacial score (nSPS) is 12.8. The molecule has 1 rings (SSSR count). The molecule has 2 nitrogen and oxygen atoms in total. The van der Waals surface area contributed by atoms with Crippen LogP contribution in [0.4, 0.5) is 0 Å². The van der Waals surface area contributed by atoms with Crippen LogP contribution in [0.5, 0.6) is 0 Å². The van der Waals surface area contributed by atoms with E-state index in [1.54, 1.807) is 18.3 Å². The van der Waals surface area contributed by atoms with Crippen molar-refractivity contribution in [1.29, 1.82) is 0 Å². The van der Waals surface area contributed by atoms with E-state index in [0.29, 0.717) is 6.42 Å². The number of carboxylic acids is 1. The first kappa shape index (κ1) is 10.7. The zero-order valence-electron chi connectivity index (χ0n) is 7.50. The second-order valence-electron chi connectivity index (χ2n) is 3.10. The van der Waals surface area contributed by atoms with Crippen LogP contribution in [0.2, 0.25) is 0 Å². The van der Waals surface area contributed by atoms with Crippen molar-refractivity contribution in [3.05, 3.63) is 20.3 Å². The summed E-state index contributed by atoms with van der Waals surface area (Å²) in [5.41, 5.74) is 1.18. The summed E-state index contributed by atoms with van der Waals surface area (Å²) in [5.74, 6) is -1.05. The minimum atomic E-state index is -0.738. The molecule has 0 radical (unpaired) electrons. The van der Waals surface area contributed by atoms with Gasteiger partial charge in [0.05, 0.1) is 5.92 Å². The van der Waals surface area contributed by atoms with Crippen molar-refractivity contribution < 1.29 is 9.90 Å². The van der Waals surface area contributed by atoms with E-state index < -0.39 is 5.97 Å². The Morgan fingerprint density at radius 2 is 2.38 bits per heavy atom. The van der Waals surface area contributed by atoms with E-state index >= 15 is 0 Å². The zero-order chi connectivity index (χ0) is 10.0. The largest absolute Gasteiger partial charge is 0.481 e. The van der Waals surface area contributed by atoms with Crippen molar-refractivity contribution in [3.8, 4) is 0 Å². The van der Waals surface area contributed by atoms with Crippen molar-refractivity contribution in [1.82, 2.24) is 0 Å². The van der Waals surface area contributed by atoms with E-state index in [2.05, 4.69) is 15.9 Å². The fourth-order valence-electron chi connectivity index (χ4n) is 0.986. The summed E-state index contributed by atoms with van der Waals surface area (Å²) >= 11 is 5.06. The van der Waals surface area contributed by atoms with E-state index in [-0.39, 0.29) is 5.92 Å². The molecule has 1 atom stereocenters. The summed E-state index contributed by atoms with van der Waals surface area (Å²) < 4.78 is 1.06. The minimum absolute atomic E-state index is 0.311. The summed E-state index contributed by atoms with van der Waals surface area (Å²) in [5, 5.41) is 10.8. The molecule has 1 aromatic rings. The van der Waals surface area contributed by atoms with E-state index in [4.69, 9.17) is 5.11 Å². The Kier molecular flexibility index (Phi) is 3.50. The molecule has 1 heterocycles. The molecule has 0 saturated heterocycles. The Balaban J connectivity index is 2.74. The average Bonchev–Trinajstić information content (AvgIpc) is 2.36. The highest BCUT2D eigenvalue weighted by atomic mass is 79.9. The van der Waals surface area contributed by atoms with Crippen LogP contribution in [0.3, 0.4) is 0 Å². The number of hydrogen-bond donors (Lipinski definition) is 1. The van der Waals surface area contributed by atoms with Gasteiger partial charge in [-0.25, -0.2) is 0 Å². The molecule has 0 saturated carbocycles. The lowest BCUT2D eigenvalue weighted by atomic mass is 10.1. The van der Waals surface area contributed by atoms with Gasteiger partial charge in [-0.3, -0.25) is 4.79 Å². The molecule has 1 N–H and O–H groups in total. The average molecular weight is 263 g/mol. The van der Waals surface area contributed by atoms with Crippen molar-refractivity contribution in [2.45, 2.75) is 20.3 Å². The van der Waals surface area contributed by atoms with Crippen molar-refractivity contribution >= 4 is 33.2 Å². The third-order valence-corrected chi connectivity index (χ3v) is 4.38. The third kappa shape index (κ3) is 2.54. The lowest BCUT2D eigenvalue weighted by Gasteiger charge is -2.03. The third-order valence-electron chi connectivity index (χ3n) is 1.88. The maximum atomic E-state index is 10.6. The maximum Gasteiger partial charge on any atom is 0.306 e. The number of thiophene rings is 1. The predicted octanol–water partition coefficient (Wildman–Crippen LogP) is 3.08. The number of hydrogen-bond acceptors (Lipinski definition) is 2. The van der Waals surface area contributed by atoms with Gasteiger partial charge in [-0.05, 0) is 40.2 Å². The van der Waals surface area contributed by atoms with Gasteiger partial charge in [0.2, 0.25) is 0 Å². The van der Waals surface area contributed by atoms with Gasteiger partial charge in [0, 0.05) is 9.35 Å². The maximum absolute atomic E-state index is 10.6. The van der Waals surface area contributed by atoms with Crippen LogP contribution in [-0.4, -0.2) is 11.1 Å². The summed E-state index contributed by atoms with van der Waals surface area (Å²) in [6.07, 6.45) is 0.606. The fourth-order valence-corrected chi connectivity index (χ4v) is 2.74. The molecule has 72 valence electrons. The highest BCUT2D eigenvalue weighted by molar-refractivity contribution is 9.10. The number of aryl methyl sites for hydroxylation is 1. The number of carboxylic acid groups (broad SMARTS) is 1. The van der Waals surface area contributed by atoms with Crippen LogP contribution < -0.4 is 0 Å². The standard InChI is InChI=1S/C9H11BrO2S/c1-5(9(11)12)3-7-8(10)6(2)4-13-7/h4-5H,3H2,1-2H3,(H,11,12). The van der Waals surface area contributed by atoms with Crippen LogP contribution in [0.15, 0.2) is 9.85 Å². The monoisotopic (exact) mass is 262 g/mol. The topological polar surface area (TPSA) is 37.3 Å². The van der Waals surface area contributed by atoms with E-state index in [9.17, 15) is 4.79 Å². The Bertz CT molecular complexity index is 319. The highest BCUT2D eigenvalue weighted by Crippen LogP contribution is 2.29. The smallest absolute Gasteiger partial charge is 0.306 e. The Hall–Kier alpha value is -0.350. The van der Waals surface area contributed by atoms with E-state index in [0.717, 1.165) is 9.35 Å². The molecular weight excluding hydrogens is 252 g/mol. The molecular formula is C9H11BrO2S. The Morgan fingerprint density at radius 3 is 2.77 bits per heavy atom. The summed E-state index contributed by atoms with van der Waals surface area (Å²) in [4.78, 5) is 11.7. The first-order valence-electron chi connectivity index (χ1n) is 3.97. The molecule has 13 heavy (non-hydrogen) atoms. The van der Waals surface area contributed by atoms with Gasteiger partial charge in [0.15, 0.2) is 0 Å². The molecule has 0 aliphatic carbocycles. The van der Waals surface area contributed by atoms with Gasteiger partial charge < -0.3 is 5.11 Å². The Labute approximate surface area is 89.7 Å². The summed E-state index contributed by atoms with van der Waals surface area (Å²) in [6, 6.07) is 0. The summed E-state index contributed by atoms with van der Waals surface area (Å²) in [6.45, 7) is 3.74. The molecule has 1 unspecified atom stereocenters. The minimum Gasteiger partial charge on any atom is -0.481 e. The van der Waals surface area contributed by atoms with Gasteiger partial charge in [0.25, 0.3) is 0 Å². The molecule has 0 aliphatic rings. The van der Waals surface area contributed by atoms with E-state index in [1.165, 1.54) is 5.56 Å². The second-order valence-corrected chi connectivity index (χ2v) is 4.86. The second kappa shape index (κ2) is 4.24. The van der Waals surface area contributed by atoms with Crippen molar-refractivity contribution in [2.24, 2.45) is 5.92 Å². The Morgan fingerprint density at radius 1 is 1.77 bits per heavy atom. The van der Waals surface area contributed by atoms with Crippen molar-refractivity contribution in [3.63, 3.8) is 0 Å². The molecule has 0 amide bonds. The lowest BCUT2D eigenvalue weighted by Crippen LogP contribution is -2.11. The number of carbonyl (C=O) groups is 1. The summed E-state index contributed by atoms with van der Waals surface area (Å²) in [7, 11) is 0. The van der Waals surface area contributed by atoms with Gasteiger partial charge >= 0.3 is 5.97 Å². The van der Waals surface area contributed by atoms with Crippen LogP contribution in [0.1, 0.15) is 17.4 Å².